The van der Waals surface area contributed by atoms with Gasteiger partial charge in [-0.1, -0.05) is 18.2 Å². The SMILES string of the molecule is CCNC(=NCCNc1ncnc2c1cnn2C)NCCOc1ccccc1.I. The lowest BCUT2D eigenvalue weighted by molar-refractivity contribution is 0.322. The van der Waals surface area contributed by atoms with Crippen molar-refractivity contribution in [2.75, 3.05) is 38.1 Å². The maximum absolute atomic E-state index is 5.68. The van der Waals surface area contributed by atoms with Crippen LogP contribution in [-0.4, -0.2) is 58.5 Å². The van der Waals surface area contributed by atoms with Crippen molar-refractivity contribution in [1.82, 2.24) is 30.4 Å². The molecule has 29 heavy (non-hydrogen) atoms. The molecule has 0 bridgehead atoms. The minimum absolute atomic E-state index is 0. The summed E-state index contributed by atoms with van der Waals surface area (Å²) >= 11 is 0. The summed E-state index contributed by atoms with van der Waals surface area (Å²) in [5, 5.41) is 14.9. The van der Waals surface area contributed by atoms with E-state index in [2.05, 4.69) is 36.0 Å². The number of aryl methyl sites for hydroxylation is 1. The quantitative estimate of drug-likeness (QED) is 0.175. The number of halogens is 1. The Morgan fingerprint density at radius 2 is 1.97 bits per heavy atom. The predicted molar refractivity (Wildman–Crippen MR) is 126 cm³/mol. The monoisotopic (exact) mass is 510 g/mol. The zero-order valence-corrected chi connectivity index (χ0v) is 19.0. The lowest BCUT2D eigenvalue weighted by Crippen LogP contribution is -2.39. The Hall–Kier alpha value is -2.63. The number of nitrogens with zero attached hydrogens (tertiary/aromatic N) is 5. The number of anilines is 1. The smallest absolute Gasteiger partial charge is 0.191 e. The summed E-state index contributed by atoms with van der Waals surface area (Å²) in [4.78, 5) is 13.1. The van der Waals surface area contributed by atoms with Gasteiger partial charge in [0, 0.05) is 20.1 Å². The van der Waals surface area contributed by atoms with Gasteiger partial charge >= 0.3 is 0 Å². The van der Waals surface area contributed by atoms with Crippen LogP contribution in [0.4, 0.5) is 5.82 Å². The fourth-order valence-corrected chi connectivity index (χ4v) is 2.64. The first kappa shape index (κ1) is 22.7. The molecule has 3 N–H and O–H groups in total. The van der Waals surface area contributed by atoms with Gasteiger partial charge < -0.3 is 20.7 Å². The van der Waals surface area contributed by atoms with Crippen LogP contribution in [0.2, 0.25) is 0 Å². The maximum atomic E-state index is 5.68. The number of aliphatic imine (C=N–C) groups is 1. The van der Waals surface area contributed by atoms with Crippen molar-refractivity contribution in [1.29, 1.82) is 0 Å². The molecule has 2 heterocycles. The van der Waals surface area contributed by atoms with Crippen molar-refractivity contribution in [3.8, 4) is 5.75 Å². The van der Waals surface area contributed by atoms with Gasteiger partial charge in [0.05, 0.1) is 24.7 Å². The van der Waals surface area contributed by atoms with E-state index in [1.807, 2.05) is 44.3 Å². The Morgan fingerprint density at radius 3 is 2.76 bits per heavy atom. The van der Waals surface area contributed by atoms with Crippen LogP contribution < -0.4 is 20.7 Å². The van der Waals surface area contributed by atoms with Crippen molar-refractivity contribution in [2.45, 2.75) is 6.92 Å². The van der Waals surface area contributed by atoms with E-state index < -0.39 is 0 Å². The molecule has 0 aliphatic heterocycles. The molecule has 0 fully saturated rings. The van der Waals surface area contributed by atoms with Crippen molar-refractivity contribution < 1.29 is 4.74 Å². The number of aromatic nitrogens is 4. The summed E-state index contributed by atoms with van der Waals surface area (Å²) in [6, 6.07) is 9.76. The average molecular weight is 510 g/mol. The van der Waals surface area contributed by atoms with E-state index in [0.717, 1.165) is 35.1 Å². The van der Waals surface area contributed by atoms with Gasteiger partial charge in [0.1, 0.15) is 24.5 Å². The van der Waals surface area contributed by atoms with Gasteiger partial charge in [-0.15, -0.1) is 24.0 Å². The van der Waals surface area contributed by atoms with E-state index in [-0.39, 0.29) is 24.0 Å². The second-order valence-corrected chi connectivity index (χ2v) is 6.00. The molecule has 3 rings (SSSR count). The Kier molecular flexibility index (Phi) is 9.41. The second-order valence-electron chi connectivity index (χ2n) is 6.00. The first-order valence-electron chi connectivity index (χ1n) is 9.34. The normalized spacial score (nSPS) is 11.0. The molecule has 0 saturated carbocycles. The fraction of sp³-hybridized carbons (Fsp3) is 0.368. The van der Waals surface area contributed by atoms with Gasteiger partial charge in [-0.2, -0.15) is 5.10 Å². The number of hydrogen-bond acceptors (Lipinski definition) is 6. The number of ether oxygens (including phenoxy) is 1. The van der Waals surface area contributed by atoms with Crippen LogP contribution in [0.25, 0.3) is 11.0 Å². The molecule has 0 atom stereocenters. The van der Waals surface area contributed by atoms with E-state index >= 15 is 0 Å². The molecule has 0 aliphatic carbocycles. The highest BCUT2D eigenvalue weighted by molar-refractivity contribution is 14.0. The van der Waals surface area contributed by atoms with Crippen LogP contribution in [0.3, 0.4) is 0 Å². The Labute approximate surface area is 187 Å². The third-order valence-corrected chi connectivity index (χ3v) is 3.95. The van der Waals surface area contributed by atoms with Gasteiger partial charge in [-0.25, -0.2) is 9.97 Å². The molecule has 0 spiro atoms. The number of nitrogens with one attached hydrogen (secondary N) is 3. The molecule has 0 radical (unpaired) electrons. The number of hydrogen-bond donors (Lipinski definition) is 3. The molecule has 1 aromatic carbocycles. The van der Waals surface area contributed by atoms with Crippen LogP contribution in [0, 0.1) is 0 Å². The van der Waals surface area contributed by atoms with Crippen LogP contribution in [0.1, 0.15) is 6.92 Å². The zero-order valence-electron chi connectivity index (χ0n) is 16.6. The first-order valence-corrected chi connectivity index (χ1v) is 9.34. The molecule has 0 amide bonds. The molecular formula is C19H27IN8O. The average Bonchev–Trinajstić information content (AvgIpc) is 3.11. The zero-order chi connectivity index (χ0) is 19.6. The summed E-state index contributed by atoms with van der Waals surface area (Å²) in [5.74, 6) is 2.39. The van der Waals surface area contributed by atoms with E-state index in [1.54, 1.807) is 10.9 Å². The van der Waals surface area contributed by atoms with E-state index in [4.69, 9.17) is 4.74 Å². The van der Waals surface area contributed by atoms with Gasteiger partial charge in [-0.05, 0) is 19.1 Å². The van der Waals surface area contributed by atoms with E-state index in [9.17, 15) is 0 Å². The van der Waals surface area contributed by atoms with Gasteiger partial charge in [-0.3, -0.25) is 9.67 Å². The molecular weight excluding hydrogens is 483 g/mol. The number of guanidine groups is 1. The molecule has 0 saturated heterocycles. The standard InChI is InChI=1S/C19H26N8O.HI/c1-3-20-19(23-11-12-28-15-7-5-4-6-8-15)22-10-9-21-17-16-13-26-27(2)18(16)25-14-24-17;/h4-8,13-14H,3,9-12H2,1-2H3,(H2,20,22,23)(H,21,24,25);1H. The van der Waals surface area contributed by atoms with Gasteiger partial charge in [0.2, 0.25) is 0 Å². The third kappa shape index (κ3) is 6.73. The molecule has 0 aliphatic rings. The lowest BCUT2D eigenvalue weighted by Gasteiger charge is -2.12. The predicted octanol–water partition coefficient (Wildman–Crippen LogP) is 2.03. The van der Waals surface area contributed by atoms with Crippen LogP contribution in [0.5, 0.6) is 5.75 Å². The lowest BCUT2D eigenvalue weighted by atomic mass is 10.3. The van der Waals surface area contributed by atoms with Crippen LogP contribution >= 0.6 is 24.0 Å². The minimum atomic E-state index is 0. The second kappa shape index (κ2) is 12.0. The first-order chi connectivity index (χ1) is 13.8. The number of rotatable bonds is 9. The molecule has 0 unspecified atom stereocenters. The molecule has 2 aromatic heterocycles. The minimum Gasteiger partial charge on any atom is -0.492 e. The highest BCUT2D eigenvalue weighted by Crippen LogP contribution is 2.17. The van der Waals surface area contributed by atoms with Crippen molar-refractivity contribution in [3.63, 3.8) is 0 Å². The maximum Gasteiger partial charge on any atom is 0.191 e. The largest absolute Gasteiger partial charge is 0.492 e. The van der Waals surface area contributed by atoms with E-state index in [0.29, 0.717) is 26.2 Å². The molecule has 156 valence electrons. The molecule has 10 heteroatoms. The number of fused-ring (bicyclic) bond motifs is 1. The topological polar surface area (TPSA) is 101 Å². The van der Waals surface area contributed by atoms with Crippen LogP contribution in [0.15, 0.2) is 47.8 Å². The summed E-state index contributed by atoms with van der Waals surface area (Å²) in [5.41, 5.74) is 0.800. The summed E-state index contributed by atoms with van der Waals surface area (Å²) < 4.78 is 7.41. The van der Waals surface area contributed by atoms with Crippen molar-refractivity contribution in [2.24, 2.45) is 12.0 Å². The number of para-hydroxylation sites is 1. The Balaban J connectivity index is 0.00000300. The molecule has 3 aromatic rings. The van der Waals surface area contributed by atoms with Gasteiger partial charge in [0.15, 0.2) is 11.6 Å². The Morgan fingerprint density at radius 1 is 1.14 bits per heavy atom. The fourth-order valence-electron chi connectivity index (χ4n) is 2.64. The third-order valence-electron chi connectivity index (χ3n) is 3.95. The molecule has 9 nitrogen and oxygen atoms in total. The van der Waals surface area contributed by atoms with Crippen LogP contribution in [-0.2, 0) is 7.05 Å². The van der Waals surface area contributed by atoms with E-state index in [1.165, 1.54) is 6.33 Å². The highest BCUT2D eigenvalue weighted by Gasteiger charge is 2.06. The highest BCUT2D eigenvalue weighted by atomic mass is 127. The van der Waals surface area contributed by atoms with Gasteiger partial charge in [0.25, 0.3) is 0 Å². The van der Waals surface area contributed by atoms with Crippen molar-refractivity contribution in [3.05, 3.63) is 42.9 Å². The summed E-state index contributed by atoms with van der Waals surface area (Å²) in [6.07, 6.45) is 3.30. The number of benzene rings is 1. The summed E-state index contributed by atoms with van der Waals surface area (Å²) in [7, 11) is 1.86. The Bertz CT molecular complexity index is 900. The van der Waals surface area contributed by atoms with Crippen molar-refractivity contribution >= 4 is 46.8 Å². The summed E-state index contributed by atoms with van der Waals surface area (Å²) in [6.45, 7) is 5.30.